The molecule has 1 saturated carbocycles. The van der Waals surface area contributed by atoms with Crippen LogP contribution in [0.15, 0.2) is 0 Å². The quantitative estimate of drug-likeness (QED) is 0.400. The number of ether oxygens (including phenoxy) is 1. The number of carbonyl (C=O) groups is 3. The van der Waals surface area contributed by atoms with E-state index in [1.165, 1.54) is 7.11 Å². The molecule has 0 aliphatic heterocycles. The lowest BCUT2D eigenvalue weighted by Gasteiger charge is -2.32. The first-order valence-corrected chi connectivity index (χ1v) is 5.23. The number of hydrogen-bond acceptors (Lipinski definition) is 4. The van der Waals surface area contributed by atoms with Crippen LogP contribution in [0.3, 0.4) is 0 Å². The fraction of sp³-hybridized carbons (Fsp3) is 0.727. The molecule has 0 N–H and O–H groups in total. The van der Waals surface area contributed by atoms with Crippen LogP contribution in [-0.2, 0) is 19.1 Å². The van der Waals surface area contributed by atoms with Gasteiger partial charge in [-0.15, -0.1) is 0 Å². The summed E-state index contributed by atoms with van der Waals surface area (Å²) < 4.78 is 4.68. The van der Waals surface area contributed by atoms with Crippen LogP contribution in [0.1, 0.15) is 38.5 Å². The van der Waals surface area contributed by atoms with Gasteiger partial charge in [-0.25, -0.2) is 0 Å². The standard InChI is InChI=1S/C11H16O4/c1-15-10(14)11(7-4-8-12)6-3-2-5-9(11)13/h8H,2-7H2,1H3. The van der Waals surface area contributed by atoms with Gasteiger partial charge in [-0.3, -0.25) is 9.59 Å². The summed E-state index contributed by atoms with van der Waals surface area (Å²) >= 11 is 0. The van der Waals surface area contributed by atoms with Gasteiger partial charge in [0.2, 0.25) is 0 Å². The second kappa shape index (κ2) is 5.05. The fourth-order valence-corrected chi connectivity index (χ4v) is 2.17. The van der Waals surface area contributed by atoms with Crippen molar-refractivity contribution in [3.05, 3.63) is 0 Å². The molecule has 0 aromatic rings. The van der Waals surface area contributed by atoms with Crippen molar-refractivity contribution in [2.45, 2.75) is 38.5 Å². The first-order valence-electron chi connectivity index (χ1n) is 5.23. The summed E-state index contributed by atoms with van der Waals surface area (Å²) in [5.74, 6) is -0.545. The van der Waals surface area contributed by atoms with Gasteiger partial charge >= 0.3 is 5.97 Å². The van der Waals surface area contributed by atoms with Gasteiger partial charge in [-0.2, -0.15) is 0 Å². The van der Waals surface area contributed by atoms with E-state index in [2.05, 4.69) is 4.74 Å². The number of methoxy groups -OCH3 is 1. The normalized spacial score (nSPS) is 26.1. The highest BCUT2D eigenvalue weighted by atomic mass is 16.5. The van der Waals surface area contributed by atoms with Crippen LogP contribution in [0.4, 0.5) is 0 Å². The smallest absolute Gasteiger partial charge is 0.319 e. The molecule has 0 radical (unpaired) electrons. The predicted octanol–water partition coefficient (Wildman–Crippen LogP) is 1.27. The molecule has 4 nitrogen and oxygen atoms in total. The van der Waals surface area contributed by atoms with Crippen LogP contribution in [0, 0.1) is 5.41 Å². The molecule has 1 unspecified atom stereocenters. The highest BCUT2D eigenvalue weighted by Gasteiger charge is 2.46. The molecule has 0 aromatic carbocycles. The Bertz CT molecular complexity index is 262. The fourth-order valence-electron chi connectivity index (χ4n) is 2.17. The summed E-state index contributed by atoms with van der Waals surface area (Å²) in [7, 11) is 1.28. The molecule has 4 heteroatoms. The second-order valence-electron chi connectivity index (χ2n) is 3.91. The zero-order valence-electron chi connectivity index (χ0n) is 8.95. The minimum absolute atomic E-state index is 0.0672. The lowest BCUT2D eigenvalue weighted by Crippen LogP contribution is -2.42. The maximum atomic E-state index is 11.8. The molecule has 0 bridgehead atoms. The van der Waals surface area contributed by atoms with E-state index in [1.807, 2.05) is 0 Å². The molecule has 15 heavy (non-hydrogen) atoms. The Morgan fingerprint density at radius 3 is 2.80 bits per heavy atom. The summed E-state index contributed by atoms with van der Waals surface area (Å²) in [6.07, 6.45) is 3.90. The van der Waals surface area contributed by atoms with Crippen molar-refractivity contribution >= 4 is 18.0 Å². The first-order chi connectivity index (χ1) is 7.17. The Labute approximate surface area is 89.0 Å². The number of ketones is 1. The molecule has 84 valence electrons. The molecular formula is C11H16O4. The SMILES string of the molecule is COC(=O)C1(CCC=O)CCCCC1=O. The van der Waals surface area contributed by atoms with Crippen LogP contribution in [0.2, 0.25) is 0 Å². The maximum Gasteiger partial charge on any atom is 0.319 e. The number of Topliss-reactive ketones (excluding diaryl/α,β-unsaturated/α-hetero) is 1. The number of aldehydes is 1. The second-order valence-corrected chi connectivity index (χ2v) is 3.91. The van der Waals surface area contributed by atoms with Crippen molar-refractivity contribution in [3.63, 3.8) is 0 Å². The number of esters is 1. The first kappa shape index (κ1) is 11.9. The topological polar surface area (TPSA) is 60.4 Å². The van der Waals surface area contributed by atoms with Gasteiger partial charge < -0.3 is 9.53 Å². The lowest BCUT2D eigenvalue weighted by atomic mass is 9.70. The van der Waals surface area contributed by atoms with E-state index in [4.69, 9.17) is 0 Å². The zero-order chi connectivity index (χ0) is 11.3. The third-order valence-electron chi connectivity index (χ3n) is 3.06. The van der Waals surface area contributed by atoms with Crippen molar-refractivity contribution in [3.8, 4) is 0 Å². The van der Waals surface area contributed by atoms with Crippen LogP contribution < -0.4 is 0 Å². The highest BCUT2D eigenvalue weighted by molar-refractivity contribution is 6.04. The third-order valence-corrected chi connectivity index (χ3v) is 3.06. The largest absolute Gasteiger partial charge is 0.468 e. The van der Waals surface area contributed by atoms with Crippen LogP contribution in [-0.4, -0.2) is 25.1 Å². The molecule has 0 aromatic heterocycles. The summed E-state index contributed by atoms with van der Waals surface area (Å²) in [5.41, 5.74) is -1.03. The summed E-state index contributed by atoms with van der Waals surface area (Å²) in [5, 5.41) is 0. The summed E-state index contributed by atoms with van der Waals surface area (Å²) in [6, 6.07) is 0. The van der Waals surface area contributed by atoms with E-state index in [9.17, 15) is 14.4 Å². The number of rotatable bonds is 4. The van der Waals surface area contributed by atoms with Gasteiger partial charge in [0.15, 0.2) is 0 Å². The third kappa shape index (κ3) is 2.25. The highest BCUT2D eigenvalue weighted by Crippen LogP contribution is 2.38. The van der Waals surface area contributed by atoms with Crippen LogP contribution >= 0.6 is 0 Å². The van der Waals surface area contributed by atoms with Gasteiger partial charge in [0, 0.05) is 12.8 Å². The van der Waals surface area contributed by atoms with Crippen molar-refractivity contribution in [1.82, 2.24) is 0 Å². The Kier molecular flexibility index (Phi) is 4.00. The van der Waals surface area contributed by atoms with E-state index in [0.29, 0.717) is 19.3 Å². The predicted molar refractivity (Wildman–Crippen MR) is 53.2 cm³/mol. The zero-order valence-corrected chi connectivity index (χ0v) is 8.95. The van der Waals surface area contributed by atoms with Gasteiger partial charge in [0.25, 0.3) is 0 Å². The van der Waals surface area contributed by atoms with Gasteiger partial charge in [0.05, 0.1) is 7.11 Å². The molecule has 1 aliphatic carbocycles. The molecule has 1 atom stereocenters. The Morgan fingerprint density at radius 2 is 2.27 bits per heavy atom. The van der Waals surface area contributed by atoms with Crippen molar-refractivity contribution in [2.24, 2.45) is 5.41 Å². The summed E-state index contributed by atoms with van der Waals surface area (Å²) in [4.78, 5) is 33.8. The number of hydrogen-bond donors (Lipinski definition) is 0. The molecule has 1 aliphatic rings. The monoisotopic (exact) mass is 212 g/mol. The molecule has 0 heterocycles. The van der Waals surface area contributed by atoms with Crippen molar-refractivity contribution in [2.75, 3.05) is 7.11 Å². The van der Waals surface area contributed by atoms with Crippen LogP contribution in [0.5, 0.6) is 0 Å². The molecule has 1 rings (SSSR count). The molecular weight excluding hydrogens is 196 g/mol. The van der Waals surface area contributed by atoms with Gasteiger partial charge in [-0.05, 0) is 19.3 Å². The van der Waals surface area contributed by atoms with Crippen LogP contribution in [0.25, 0.3) is 0 Å². The molecule has 0 amide bonds. The minimum atomic E-state index is -1.03. The van der Waals surface area contributed by atoms with Gasteiger partial charge in [0.1, 0.15) is 17.5 Å². The van der Waals surface area contributed by atoms with Gasteiger partial charge in [-0.1, -0.05) is 6.42 Å². The average molecular weight is 212 g/mol. The Morgan fingerprint density at radius 1 is 1.53 bits per heavy atom. The number of carbonyl (C=O) groups excluding carboxylic acids is 3. The van der Waals surface area contributed by atoms with Crippen molar-refractivity contribution < 1.29 is 19.1 Å². The van der Waals surface area contributed by atoms with E-state index < -0.39 is 11.4 Å². The average Bonchev–Trinajstić information content (AvgIpc) is 2.27. The Hall–Kier alpha value is -1.19. The van der Waals surface area contributed by atoms with E-state index >= 15 is 0 Å². The molecule has 0 saturated heterocycles. The summed E-state index contributed by atoms with van der Waals surface area (Å²) in [6.45, 7) is 0. The van der Waals surface area contributed by atoms with E-state index in [0.717, 1.165) is 19.1 Å². The molecule has 0 spiro atoms. The molecule has 1 fully saturated rings. The van der Waals surface area contributed by atoms with E-state index in [1.54, 1.807) is 0 Å². The Balaban J connectivity index is 2.87. The van der Waals surface area contributed by atoms with E-state index in [-0.39, 0.29) is 12.2 Å². The lowest BCUT2D eigenvalue weighted by molar-refractivity contribution is -0.160. The minimum Gasteiger partial charge on any atom is -0.468 e. The maximum absolute atomic E-state index is 11.8. The van der Waals surface area contributed by atoms with Crippen molar-refractivity contribution in [1.29, 1.82) is 0 Å².